The zero-order chi connectivity index (χ0) is 14.1. The molecule has 0 saturated carbocycles. The van der Waals surface area contributed by atoms with Crippen LogP contribution < -0.4 is 10.6 Å². The Bertz CT molecular complexity index is 772. The normalized spacial score (nSPS) is 10.8. The summed E-state index contributed by atoms with van der Waals surface area (Å²) in [4.78, 5) is 15.5. The van der Waals surface area contributed by atoms with Crippen molar-refractivity contribution in [3.63, 3.8) is 0 Å². The molecular weight excluding hydrogens is 283 g/mol. The van der Waals surface area contributed by atoms with E-state index in [0.29, 0.717) is 28.6 Å². The first-order valence-corrected chi connectivity index (χ1v) is 6.16. The number of hydrogen-bond acceptors (Lipinski definition) is 5. The summed E-state index contributed by atoms with van der Waals surface area (Å²) >= 11 is 5.99. The molecular formula is C12H10ClFN6. The highest BCUT2D eigenvalue weighted by Crippen LogP contribution is 2.28. The fourth-order valence-corrected chi connectivity index (χ4v) is 1.97. The van der Waals surface area contributed by atoms with Crippen molar-refractivity contribution < 1.29 is 4.39 Å². The van der Waals surface area contributed by atoms with Gasteiger partial charge in [-0.3, -0.25) is 0 Å². The third kappa shape index (κ3) is 2.23. The third-order valence-electron chi connectivity index (χ3n) is 2.69. The number of benzene rings is 1. The number of imidazole rings is 1. The summed E-state index contributed by atoms with van der Waals surface area (Å²) in [5.41, 5.74) is 1.71. The zero-order valence-corrected chi connectivity index (χ0v) is 11.2. The number of aromatic nitrogens is 4. The van der Waals surface area contributed by atoms with Crippen LogP contribution in [0.4, 0.5) is 21.8 Å². The lowest BCUT2D eigenvalue weighted by molar-refractivity contribution is 0.628. The first-order valence-electron chi connectivity index (χ1n) is 5.78. The summed E-state index contributed by atoms with van der Waals surface area (Å²) in [6, 6.07) is 4.09. The highest BCUT2D eigenvalue weighted by atomic mass is 35.5. The van der Waals surface area contributed by atoms with Crippen LogP contribution in [-0.4, -0.2) is 27.0 Å². The lowest BCUT2D eigenvalue weighted by Crippen LogP contribution is -2.02. The first kappa shape index (κ1) is 12.6. The number of fused-ring (bicyclic) bond motifs is 1. The van der Waals surface area contributed by atoms with E-state index in [9.17, 15) is 4.39 Å². The predicted molar refractivity (Wildman–Crippen MR) is 75.9 cm³/mol. The number of nitrogens with one attached hydrogen (secondary N) is 3. The highest BCUT2D eigenvalue weighted by molar-refractivity contribution is 6.33. The molecule has 0 fully saturated rings. The van der Waals surface area contributed by atoms with Crippen LogP contribution in [0.3, 0.4) is 0 Å². The Morgan fingerprint density at radius 3 is 2.90 bits per heavy atom. The van der Waals surface area contributed by atoms with Gasteiger partial charge < -0.3 is 15.6 Å². The second kappa shape index (κ2) is 4.93. The maximum absolute atomic E-state index is 13.0. The van der Waals surface area contributed by atoms with Gasteiger partial charge in [-0.25, -0.2) is 9.37 Å². The van der Waals surface area contributed by atoms with E-state index in [1.54, 1.807) is 13.1 Å². The van der Waals surface area contributed by atoms with Gasteiger partial charge in [0.15, 0.2) is 11.5 Å². The van der Waals surface area contributed by atoms with Gasteiger partial charge in [0.2, 0.25) is 5.95 Å². The molecule has 0 aliphatic rings. The smallest absolute Gasteiger partial charge is 0.226 e. The van der Waals surface area contributed by atoms with E-state index in [2.05, 4.69) is 30.6 Å². The van der Waals surface area contributed by atoms with Crippen LogP contribution in [0.15, 0.2) is 24.5 Å². The van der Waals surface area contributed by atoms with Gasteiger partial charge in [-0.05, 0) is 18.2 Å². The van der Waals surface area contributed by atoms with E-state index in [0.717, 1.165) is 0 Å². The second-order valence-electron chi connectivity index (χ2n) is 4.00. The molecule has 2 heterocycles. The van der Waals surface area contributed by atoms with Gasteiger partial charge in [-0.2, -0.15) is 9.97 Å². The molecule has 0 bridgehead atoms. The second-order valence-corrected chi connectivity index (χ2v) is 4.40. The predicted octanol–water partition coefficient (Wildman–Crippen LogP) is 2.93. The van der Waals surface area contributed by atoms with Gasteiger partial charge in [-0.15, -0.1) is 0 Å². The molecule has 3 N–H and O–H groups in total. The molecule has 0 saturated heterocycles. The molecule has 0 atom stereocenters. The molecule has 0 unspecified atom stereocenters. The number of H-pyrrole nitrogens is 1. The summed E-state index contributed by atoms with van der Waals surface area (Å²) in [6.07, 6.45) is 1.52. The lowest BCUT2D eigenvalue weighted by Gasteiger charge is -2.09. The summed E-state index contributed by atoms with van der Waals surface area (Å²) in [7, 11) is 1.71. The van der Waals surface area contributed by atoms with Crippen LogP contribution in [-0.2, 0) is 0 Å². The monoisotopic (exact) mass is 292 g/mol. The van der Waals surface area contributed by atoms with Crippen LogP contribution in [0.25, 0.3) is 11.2 Å². The van der Waals surface area contributed by atoms with Crippen LogP contribution in [0.5, 0.6) is 0 Å². The molecule has 8 heteroatoms. The maximum atomic E-state index is 13.0. The summed E-state index contributed by atoms with van der Waals surface area (Å²) in [5, 5.41) is 6.16. The van der Waals surface area contributed by atoms with Gasteiger partial charge in [0.1, 0.15) is 11.3 Å². The van der Waals surface area contributed by atoms with Gasteiger partial charge in [0.05, 0.1) is 17.0 Å². The van der Waals surface area contributed by atoms with Crippen LogP contribution in [0, 0.1) is 5.82 Å². The van der Waals surface area contributed by atoms with Crippen molar-refractivity contribution >= 4 is 40.2 Å². The maximum Gasteiger partial charge on any atom is 0.226 e. The van der Waals surface area contributed by atoms with Crippen molar-refractivity contribution in [1.82, 2.24) is 19.9 Å². The molecule has 0 aliphatic carbocycles. The number of hydrogen-bond donors (Lipinski definition) is 3. The number of rotatable bonds is 3. The highest BCUT2D eigenvalue weighted by Gasteiger charge is 2.11. The SMILES string of the molecule is CNc1nc(Nc2ccc(F)cc2Cl)c2[nH]cnc2n1. The largest absolute Gasteiger partial charge is 0.357 e. The Morgan fingerprint density at radius 1 is 1.30 bits per heavy atom. The summed E-state index contributed by atoms with van der Waals surface area (Å²) in [6.45, 7) is 0. The van der Waals surface area contributed by atoms with Gasteiger partial charge in [0.25, 0.3) is 0 Å². The van der Waals surface area contributed by atoms with Crippen LogP contribution >= 0.6 is 11.6 Å². The minimum absolute atomic E-state index is 0.266. The molecule has 0 amide bonds. The summed E-state index contributed by atoms with van der Waals surface area (Å²) < 4.78 is 13.0. The first-order chi connectivity index (χ1) is 9.67. The van der Waals surface area contributed by atoms with Crippen molar-refractivity contribution in [2.75, 3.05) is 17.7 Å². The Balaban J connectivity index is 2.07. The van der Waals surface area contributed by atoms with E-state index in [1.807, 2.05) is 0 Å². The molecule has 0 spiro atoms. The molecule has 3 aromatic rings. The molecule has 2 aromatic heterocycles. The van der Waals surface area contributed by atoms with E-state index in [4.69, 9.17) is 11.6 Å². The molecule has 0 aliphatic heterocycles. The van der Waals surface area contributed by atoms with Crippen molar-refractivity contribution in [2.45, 2.75) is 0 Å². The van der Waals surface area contributed by atoms with E-state index in [1.165, 1.54) is 18.5 Å². The Kier molecular flexibility index (Phi) is 3.11. The Hall–Kier alpha value is -2.41. The fourth-order valence-electron chi connectivity index (χ4n) is 1.75. The third-order valence-corrected chi connectivity index (χ3v) is 3.01. The molecule has 6 nitrogen and oxygen atoms in total. The van der Waals surface area contributed by atoms with E-state index < -0.39 is 5.82 Å². The number of anilines is 3. The summed E-state index contributed by atoms with van der Waals surface area (Å²) in [5.74, 6) is 0.529. The van der Waals surface area contributed by atoms with Crippen molar-refractivity contribution in [1.29, 1.82) is 0 Å². The fraction of sp³-hybridized carbons (Fsp3) is 0.0833. The topological polar surface area (TPSA) is 78.5 Å². The van der Waals surface area contributed by atoms with Crippen molar-refractivity contribution in [3.8, 4) is 0 Å². The van der Waals surface area contributed by atoms with Crippen LogP contribution in [0.2, 0.25) is 5.02 Å². The van der Waals surface area contributed by atoms with Gasteiger partial charge in [0, 0.05) is 7.05 Å². The van der Waals surface area contributed by atoms with Crippen LogP contribution in [0.1, 0.15) is 0 Å². The Labute approximate surface area is 118 Å². The Morgan fingerprint density at radius 2 is 2.15 bits per heavy atom. The van der Waals surface area contributed by atoms with Crippen molar-refractivity contribution in [2.24, 2.45) is 0 Å². The molecule has 102 valence electrons. The average Bonchev–Trinajstić information content (AvgIpc) is 2.90. The molecule has 0 radical (unpaired) electrons. The average molecular weight is 293 g/mol. The molecule has 1 aromatic carbocycles. The number of halogens is 2. The standard InChI is InChI=1S/C12H10ClFN6/c1-15-12-19-10-9(16-5-17-10)11(20-12)18-8-3-2-6(14)4-7(8)13/h2-5H,1H3,(H3,15,16,17,18,19,20). The molecule has 3 rings (SSSR count). The van der Waals surface area contributed by atoms with Gasteiger partial charge >= 0.3 is 0 Å². The minimum atomic E-state index is -0.397. The van der Waals surface area contributed by atoms with E-state index >= 15 is 0 Å². The molecule has 20 heavy (non-hydrogen) atoms. The van der Waals surface area contributed by atoms with Gasteiger partial charge in [-0.1, -0.05) is 11.6 Å². The number of aromatic amines is 1. The quantitative estimate of drug-likeness (QED) is 0.692. The van der Waals surface area contributed by atoms with Crippen molar-refractivity contribution in [3.05, 3.63) is 35.4 Å². The number of nitrogens with zero attached hydrogens (tertiary/aromatic N) is 3. The lowest BCUT2D eigenvalue weighted by atomic mass is 10.3. The minimum Gasteiger partial charge on any atom is -0.357 e. The zero-order valence-electron chi connectivity index (χ0n) is 10.4. The van der Waals surface area contributed by atoms with E-state index in [-0.39, 0.29) is 5.02 Å².